The average molecular weight is 294 g/mol. The second-order valence-electron chi connectivity index (χ2n) is 6.61. The van der Waals surface area contributed by atoms with Crippen molar-refractivity contribution in [2.45, 2.75) is 25.0 Å². The highest BCUT2D eigenvalue weighted by atomic mass is 16.3. The molecule has 0 aliphatic carbocycles. The first-order valence-corrected chi connectivity index (χ1v) is 8.16. The number of pyridine rings is 1. The molecule has 0 spiro atoms. The number of nitrogens with zero attached hydrogens (tertiary/aromatic N) is 2. The largest absolute Gasteiger partial charge is 0.391 e. The fourth-order valence-corrected chi connectivity index (χ4v) is 4.33. The zero-order valence-electron chi connectivity index (χ0n) is 12.7. The van der Waals surface area contributed by atoms with Crippen LogP contribution in [0.4, 0.5) is 0 Å². The number of hydrogen-bond acceptors (Lipinski definition) is 3. The molecule has 1 aromatic carbocycles. The van der Waals surface area contributed by atoms with Crippen LogP contribution in [0.15, 0.2) is 49.2 Å². The summed E-state index contributed by atoms with van der Waals surface area (Å²) >= 11 is 0. The normalized spacial score (nSPS) is 34.5. The van der Waals surface area contributed by atoms with Crippen molar-refractivity contribution in [3.63, 3.8) is 0 Å². The highest BCUT2D eigenvalue weighted by molar-refractivity contribution is 5.82. The molecule has 1 unspecified atom stereocenters. The summed E-state index contributed by atoms with van der Waals surface area (Å²) in [7, 11) is 0. The summed E-state index contributed by atoms with van der Waals surface area (Å²) in [6, 6.07) is 10.4. The topological polar surface area (TPSA) is 36.4 Å². The van der Waals surface area contributed by atoms with E-state index in [1.807, 2.05) is 18.3 Å². The fourth-order valence-electron chi connectivity index (χ4n) is 4.33. The number of rotatable bonds is 2. The lowest BCUT2D eigenvalue weighted by Crippen LogP contribution is -2.39. The Morgan fingerprint density at radius 3 is 3.00 bits per heavy atom. The first kappa shape index (κ1) is 13.9. The summed E-state index contributed by atoms with van der Waals surface area (Å²) in [4.78, 5) is 6.91. The zero-order chi connectivity index (χ0) is 15.1. The maximum Gasteiger partial charge on any atom is 0.0740 e. The average Bonchev–Trinajstić information content (AvgIpc) is 2.79. The number of aliphatic hydroxyl groups excluding tert-OH is 1. The summed E-state index contributed by atoms with van der Waals surface area (Å²) in [5.74, 6) is 1.07. The van der Waals surface area contributed by atoms with Crippen LogP contribution in [0.5, 0.6) is 0 Å². The van der Waals surface area contributed by atoms with Gasteiger partial charge in [-0.3, -0.25) is 9.88 Å². The van der Waals surface area contributed by atoms with Crippen LogP contribution in [0.3, 0.4) is 0 Å². The molecular weight excluding hydrogens is 272 g/mol. The Kier molecular flexibility index (Phi) is 3.47. The van der Waals surface area contributed by atoms with Gasteiger partial charge in [0.1, 0.15) is 0 Å². The van der Waals surface area contributed by atoms with Gasteiger partial charge in [-0.05, 0) is 48.9 Å². The molecule has 2 bridgehead atoms. The molecule has 114 valence electrons. The van der Waals surface area contributed by atoms with Crippen LogP contribution in [0.25, 0.3) is 10.9 Å². The molecule has 0 amide bonds. The van der Waals surface area contributed by atoms with Gasteiger partial charge in [-0.1, -0.05) is 24.3 Å². The van der Waals surface area contributed by atoms with Crippen molar-refractivity contribution < 1.29 is 5.11 Å². The zero-order valence-corrected chi connectivity index (χ0v) is 12.7. The van der Waals surface area contributed by atoms with Crippen LogP contribution < -0.4 is 0 Å². The number of para-hydroxylation sites is 1. The molecule has 3 fully saturated rings. The molecule has 4 heterocycles. The third kappa shape index (κ3) is 2.16. The summed E-state index contributed by atoms with van der Waals surface area (Å²) < 4.78 is 0. The van der Waals surface area contributed by atoms with Crippen molar-refractivity contribution in [1.82, 2.24) is 9.88 Å². The molecule has 5 rings (SSSR count). The van der Waals surface area contributed by atoms with E-state index in [1.54, 1.807) is 0 Å². The summed E-state index contributed by atoms with van der Waals surface area (Å²) in [6.45, 7) is 6.07. The van der Waals surface area contributed by atoms with Crippen LogP contribution in [0, 0.1) is 11.8 Å². The Bertz CT molecular complexity index is 693. The predicted octanol–water partition coefficient (Wildman–Crippen LogP) is 3.16. The highest BCUT2D eigenvalue weighted by Gasteiger charge is 2.41. The lowest BCUT2D eigenvalue weighted by molar-refractivity contribution is 0.0641. The van der Waals surface area contributed by atoms with Crippen LogP contribution in [0.2, 0.25) is 0 Å². The summed E-state index contributed by atoms with van der Waals surface area (Å²) in [6.07, 6.45) is 5.66. The maximum absolute atomic E-state index is 10.9. The molecular formula is C19H22N2O. The Hall–Kier alpha value is -1.71. The van der Waals surface area contributed by atoms with Gasteiger partial charge in [-0.25, -0.2) is 0 Å². The van der Waals surface area contributed by atoms with Gasteiger partial charge in [0.15, 0.2) is 0 Å². The number of aliphatic hydroxyl groups is 1. The number of fused-ring (bicyclic) bond motifs is 5. The smallest absolute Gasteiger partial charge is 0.0740 e. The van der Waals surface area contributed by atoms with Gasteiger partial charge in [-0.15, -0.1) is 6.58 Å². The van der Waals surface area contributed by atoms with E-state index in [1.165, 1.54) is 5.56 Å². The Morgan fingerprint density at radius 2 is 2.14 bits per heavy atom. The van der Waals surface area contributed by atoms with Crippen LogP contribution >= 0.6 is 0 Å². The van der Waals surface area contributed by atoms with Crippen LogP contribution in [-0.2, 0) is 0 Å². The van der Waals surface area contributed by atoms with E-state index in [0.717, 1.165) is 36.8 Å². The Balaban J connectivity index is 1.81. The molecule has 5 atom stereocenters. The van der Waals surface area contributed by atoms with Crippen molar-refractivity contribution in [1.29, 1.82) is 0 Å². The monoisotopic (exact) mass is 294 g/mol. The first-order chi connectivity index (χ1) is 10.8. The van der Waals surface area contributed by atoms with E-state index in [-0.39, 0.29) is 12.1 Å². The minimum Gasteiger partial charge on any atom is -0.391 e. The van der Waals surface area contributed by atoms with Gasteiger partial charge >= 0.3 is 0 Å². The van der Waals surface area contributed by atoms with Crippen molar-refractivity contribution in [2.75, 3.05) is 13.1 Å². The first-order valence-electron chi connectivity index (χ1n) is 8.16. The van der Waals surface area contributed by atoms with Crippen molar-refractivity contribution in [3.05, 3.63) is 54.7 Å². The highest BCUT2D eigenvalue weighted by Crippen LogP contribution is 2.42. The lowest BCUT2D eigenvalue weighted by Gasteiger charge is -2.37. The quantitative estimate of drug-likeness (QED) is 0.864. The molecule has 3 saturated heterocycles. The van der Waals surface area contributed by atoms with Crippen LogP contribution in [0.1, 0.15) is 24.4 Å². The van der Waals surface area contributed by atoms with Gasteiger partial charge in [0.05, 0.1) is 17.7 Å². The van der Waals surface area contributed by atoms with Gasteiger partial charge < -0.3 is 5.11 Å². The van der Waals surface area contributed by atoms with E-state index in [9.17, 15) is 5.11 Å². The second kappa shape index (κ2) is 5.49. The van der Waals surface area contributed by atoms with Crippen molar-refractivity contribution in [3.8, 4) is 0 Å². The molecule has 3 aliphatic rings. The van der Waals surface area contributed by atoms with E-state index < -0.39 is 0 Å². The van der Waals surface area contributed by atoms with Gasteiger partial charge in [-0.2, -0.15) is 0 Å². The number of aromatic nitrogens is 1. The van der Waals surface area contributed by atoms with Crippen molar-refractivity contribution in [2.24, 2.45) is 11.8 Å². The second-order valence-corrected chi connectivity index (χ2v) is 6.61. The molecule has 3 nitrogen and oxygen atoms in total. The minimum absolute atomic E-state index is 0.0721. The third-order valence-corrected chi connectivity index (χ3v) is 5.44. The lowest BCUT2D eigenvalue weighted by atomic mass is 9.84. The molecule has 0 radical (unpaired) electrons. The van der Waals surface area contributed by atoms with Gasteiger partial charge in [0, 0.05) is 18.1 Å². The molecule has 0 saturated carbocycles. The van der Waals surface area contributed by atoms with Crippen LogP contribution in [-0.4, -0.2) is 34.2 Å². The van der Waals surface area contributed by atoms with E-state index in [2.05, 4.69) is 40.7 Å². The maximum atomic E-state index is 10.9. The Morgan fingerprint density at radius 1 is 1.27 bits per heavy atom. The molecule has 3 heteroatoms. The fraction of sp³-hybridized carbons (Fsp3) is 0.421. The van der Waals surface area contributed by atoms with E-state index >= 15 is 0 Å². The molecule has 1 aromatic heterocycles. The number of hydrogen-bond donors (Lipinski definition) is 1. The van der Waals surface area contributed by atoms with Gasteiger partial charge in [0.2, 0.25) is 0 Å². The standard InChI is InChI=1S/C19H22N2O/c1-2-13-12-21-10-8-14(13)11-18(22)19(21)16-7-9-20-17-6-4-3-5-15(16)17/h2-7,9,13-14,18-19,22H,1,8,10-12H2/t13-,14-,18+,19-/m0/s1. The summed E-state index contributed by atoms with van der Waals surface area (Å²) in [5, 5.41) is 12.0. The molecule has 3 aliphatic heterocycles. The molecule has 2 aromatic rings. The number of benzene rings is 1. The molecule has 1 N–H and O–H groups in total. The molecule has 22 heavy (non-hydrogen) atoms. The number of piperidine rings is 1. The predicted molar refractivity (Wildman–Crippen MR) is 88.5 cm³/mol. The van der Waals surface area contributed by atoms with E-state index in [0.29, 0.717) is 11.8 Å². The summed E-state index contributed by atoms with van der Waals surface area (Å²) in [5.41, 5.74) is 2.22. The van der Waals surface area contributed by atoms with Gasteiger partial charge in [0.25, 0.3) is 0 Å². The van der Waals surface area contributed by atoms with E-state index in [4.69, 9.17) is 0 Å². The minimum atomic E-state index is -0.316. The SMILES string of the molecule is C=C[C@H]1CN2CC[C@H]1C[C@@H](O)[C@@H]2c1ccnc2ccccc12. The van der Waals surface area contributed by atoms with Crippen molar-refractivity contribution >= 4 is 10.9 Å². The Labute approximate surface area is 131 Å². The third-order valence-electron chi connectivity index (χ3n) is 5.44.